The van der Waals surface area contributed by atoms with Crippen LogP contribution in [-0.4, -0.2) is 103 Å². The lowest BCUT2D eigenvalue weighted by molar-refractivity contribution is -0.607. The van der Waals surface area contributed by atoms with Crippen LogP contribution in [0.25, 0.3) is 0 Å². The SMILES string of the molecule is C1CCNNC1.CNC(=O)C[C@@H](CC1CCCC1)C(=O)N1CCCCN1.CN[N+](=O)C[C@@H](CC1CCCC1)C(=O)N1CCCCN1C(=O)c1ccco1.Cl. The summed E-state index contributed by atoms with van der Waals surface area (Å²) in [6.07, 6.45) is 19.4. The number of carbonyl (C=O) groups excluding carboxylic acids is 4. The number of amides is 4. The number of halogens is 1. The zero-order valence-corrected chi connectivity index (χ0v) is 33.5. The van der Waals surface area contributed by atoms with Crippen LogP contribution in [0.15, 0.2) is 22.8 Å². The van der Waals surface area contributed by atoms with Gasteiger partial charge in [-0.05, 0) is 75.3 Å². The largest absolute Gasteiger partial charge is 0.459 e. The number of furan rings is 1. The van der Waals surface area contributed by atoms with Gasteiger partial charge in [-0.15, -0.1) is 12.4 Å². The molecule has 3 saturated heterocycles. The molecule has 0 radical (unpaired) electrons. The molecule has 4 heterocycles. The molecule has 15 nitrogen and oxygen atoms in total. The summed E-state index contributed by atoms with van der Waals surface area (Å²) in [6.45, 7) is 4.97. The van der Waals surface area contributed by atoms with Crippen molar-refractivity contribution in [3.8, 4) is 0 Å². The molecule has 2 saturated carbocycles. The molecule has 6 rings (SSSR count). The van der Waals surface area contributed by atoms with Crippen molar-refractivity contribution in [1.82, 2.24) is 42.0 Å². The highest BCUT2D eigenvalue weighted by atomic mass is 35.5. The van der Waals surface area contributed by atoms with E-state index >= 15 is 0 Å². The number of nitrogens with one attached hydrogen (secondary N) is 5. The van der Waals surface area contributed by atoms with Gasteiger partial charge in [-0.1, -0.05) is 51.4 Å². The van der Waals surface area contributed by atoms with Gasteiger partial charge < -0.3 is 9.73 Å². The average Bonchev–Trinajstić information content (AvgIpc) is 4.04. The highest BCUT2D eigenvalue weighted by molar-refractivity contribution is 5.93. The molecule has 4 amide bonds. The van der Waals surface area contributed by atoms with E-state index in [4.69, 9.17) is 4.42 Å². The molecule has 2 atom stereocenters. The van der Waals surface area contributed by atoms with Gasteiger partial charge in [0.2, 0.25) is 18.4 Å². The van der Waals surface area contributed by atoms with Crippen molar-refractivity contribution in [2.24, 2.45) is 23.7 Å². The summed E-state index contributed by atoms with van der Waals surface area (Å²) in [4.78, 5) is 63.0. The minimum atomic E-state index is -0.428. The van der Waals surface area contributed by atoms with Crippen molar-refractivity contribution in [2.45, 2.75) is 109 Å². The number of nitrogens with zero attached hydrogens (tertiary/aromatic N) is 4. The second kappa shape index (κ2) is 25.0. The van der Waals surface area contributed by atoms with Crippen LogP contribution in [-0.2, 0) is 14.4 Å². The number of hydrogen-bond acceptors (Lipinski definition) is 9. The summed E-state index contributed by atoms with van der Waals surface area (Å²) in [5, 5.41) is 7.42. The lowest BCUT2D eigenvalue weighted by Gasteiger charge is -2.39. The third-order valence-electron chi connectivity index (χ3n) is 11.1. The molecule has 0 aromatic carbocycles. The number of rotatable bonds is 12. The smallest absolute Gasteiger partial charge is 0.308 e. The summed E-state index contributed by atoms with van der Waals surface area (Å²) in [7, 11) is 3.19. The Kier molecular flexibility index (Phi) is 20.9. The maximum Gasteiger partial charge on any atom is 0.308 e. The van der Waals surface area contributed by atoms with Gasteiger partial charge in [0.05, 0.1) is 18.2 Å². The Bertz CT molecular complexity index is 1250. The Balaban J connectivity index is 0.000000254. The number of hydrazine groups is 4. The predicted octanol–water partition coefficient (Wildman–Crippen LogP) is 4.11. The van der Waals surface area contributed by atoms with Gasteiger partial charge >= 0.3 is 5.91 Å². The fourth-order valence-electron chi connectivity index (χ4n) is 8.08. The van der Waals surface area contributed by atoms with Crippen LogP contribution in [0.1, 0.15) is 120 Å². The minimum Gasteiger partial charge on any atom is -0.459 e. The molecule has 5 N–H and O–H groups in total. The molecule has 1 aromatic rings. The molecule has 5 fully saturated rings. The molecule has 1 aromatic heterocycles. The topological polar surface area (TPSA) is 171 Å². The predicted molar refractivity (Wildman–Crippen MR) is 208 cm³/mol. The lowest BCUT2D eigenvalue weighted by Crippen LogP contribution is -2.55. The van der Waals surface area contributed by atoms with Crippen LogP contribution in [0.3, 0.4) is 0 Å². The third-order valence-corrected chi connectivity index (χ3v) is 11.1. The summed E-state index contributed by atoms with van der Waals surface area (Å²) < 4.78 is 5.23. The first-order valence-corrected chi connectivity index (χ1v) is 20.3. The van der Waals surface area contributed by atoms with Crippen LogP contribution in [0, 0.1) is 28.6 Å². The minimum absolute atomic E-state index is 0. The van der Waals surface area contributed by atoms with Crippen molar-refractivity contribution in [1.29, 1.82) is 0 Å². The number of carbonyl (C=O) groups is 4. The molecular weight excluding hydrogens is 714 g/mol. The normalized spacial score (nSPS) is 20.3. The van der Waals surface area contributed by atoms with E-state index in [-0.39, 0.29) is 54.3 Å². The fourth-order valence-corrected chi connectivity index (χ4v) is 8.08. The Labute approximate surface area is 327 Å². The molecule has 0 bridgehead atoms. The Morgan fingerprint density at radius 3 is 1.85 bits per heavy atom. The Morgan fingerprint density at radius 2 is 1.35 bits per heavy atom. The Hall–Kier alpha value is -3.27. The number of hydrogen-bond donors (Lipinski definition) is 5. The van der Waals surface area contributed by atoms with Gasteiger partial charge in [0.1, 0.15) is 10.8 Å². The molecule has 54 heavy (non-hydrogen) atoms. The van der Waals surface area contributed by atoms with Crippen molar-refractivity contribution < 1.29 is 28.5 Å². The Morgan fingerprint density at radius 1 is 0.778 bits per heavy atom. The van der Waals surface area contributed by atoms with Crippen LogP contribution >= 0.6 is 12.4 Å². The van der Waals surface area contributed by atoms with E-state index in [0.717, 1.165) is 71.1 Å². The molecule has 16 heteroatoms. The van der Waals surface area contributed by atoms with Crippen molar-refractivity contribution in [3.63, 3.8) is 0 Å². The standard InChI is InChI=1S/C19H29N4O4.C15H27N3O2.C4H10N2.ClH/c1-20-23(26)14-16(13-15-7-2-3-8-15)18(24)21-10-4-5-11-22(21)19(25)17-9-6-12-27-17;1-16-14(19)11-13(10-12-6-2-3-7-12)15(20)18-9-5-4-8-17-18;1-2-4-6-5-3-1;/h6,9,12,15-16H,2-5,7-8,10-11,13-14H2,1H3,(H,20,26);12-13,17H,2-11H2,1H3,(H,16,19);5-6H,1-4H2;1H/q+1;;;/t16-;13-;;/m11../s1. The second-order valence-corrected chi connectivity index (χ2v) is 15.1. The van der Waals surface area contributed by atoms with Crippen LogP contribution in [0.5, 0.6) is 0 Å². The maximum absolute atomic E-state index is 13.3. The first kappa shape index (κ1) is 45.1. The zero-order valence-electron chi connectivity index (χ0n) is 32.7. The molecule has 306 valence electrons. The first-order valence-electron chi connectivity index (χ1n) is 20.3. The van der Waals surface area contributed by atoms with Gasteiger partial charge in [0.15, 0.2) is 5.76 Å². The average molecular weight is 781 g/mol. The molecule has 0 spiro atoms. The van der Waals surface area contributed by atoms with Gasteiger partial charge in [0, 0.05) is 58.7 Å². The summed E-state index contributed by atoms with van der Waals surface area (Å²) in [6, 6.07) is 3.27. The van der Waals surface area contributed by atoms with E-state index in [1.165, 1.54) is 67.6 Å². The zero-order chi connectivity index (χ0) is 37.8. The maximum atomic E-state index is 13.3. The van der Waals surface area contributed by atoms with Crippen molar-refractivity contribution in [3.05, 3.63) is 29.1 Å². The molecule has 3 aliphatic heterocycles. The van der Waals surface area contributed by atoms with Crippen LogP contribution in [0.2, 0.25) is 0 Å². The lowest BCUT2D eigenvalue weighted by atomic mass is 9.89. The van der Waals surface area contributed by atoms with Crippen LogP contribution in [0.4, 0.5) is 0 Å². The fraction of sp³-hybridized carbons (Fsp3) is 0.789. The summed E-state index contributed by atoms with van der Waals surface area (Å²) in [5.74, 6) is 0.368. The highest BCUT2D eigenvalue weighted by Gasteiger charge is 2.38. The monoisotopic (exact) mass is 780 g/mol. The molecule has 2 aliphatic carbocycles. The van der Waals surface area contributed by atoms with Crippen LogP contribution < -0.4 is 27.0 Å². The van der Waals surface area contributed by atoms with E-state index in [9.17, 15) is 24.1 Å². The quantitative estimate of drug-likeness (QED) is 0.154. The van der Waals surface area contributed by atoms with E-state index in [0.29, 0.717) is 42.6 Å². The van der Waals surface area contributed by atoms with Crippen molar-refractivity contribution in [2.75, 3.05) is 59.9 Å². The van der Waals surface area contributed by atoms with E-state index < -0.39 is 5.92 Å². The molecule has 5 aliphatic rings. The van der Waals surface area contributed by atoms with E-state index in [1.807, 2.05) is 0 Å². The van der Waals surface area contributed by atoms with Gasteiger partial charge in [-0.25, -0.2) is 10.4 Å². The number of nitroso groups, excluding NO2 is 1. The highest BCUT2D eigenvalue weighted by Crippen LogP contribution is 2.33. The van der Waals surface area contributed by atoms with E-state index in [1.54, 1.807) is 31.2 Å². The first-order chi connectivity index (χ1) is 25.8. The van der Waals surface area contributed by atoms with Gasteiger partial charge in [-0.2, -0.15) is 5.43 Å². The third kappa shape index (κ3) is 14.8. The van der Waals surface area contributed by atoms with Crippen molar-refractivity contribution >= 4 is 36.0 Å². The van der Waals surface area contributed by atoms with Gasteiger partial charge in [-0.3, -0.25) is 40.0 Å². The van der Waals surface area contributed by atoms with Gasteiger partial charge in [0.25, 0.3) is 5.91 Å². The molecule has 0 unspecified atom stereocenters. The second-order valence-electron chi connectivity index (χ2n) is 15.1. The summed E-state index contributed by atoms with van der Waals surface area (Å²) in [5.41, 5.74) is 11.8. The van der Waals surface area contributed by atoms with E-state index in [2.05, 4.69) is 27.0 Å². The molecular formula is C38H67ClN9O6+. The summed E-state index contributed by atoms with van der Waals surface area (Å²) >= 11 is 0.